The molecule has 1 N–H and O–H groups in total. The van der Waals surface area contributed by atoms with E-state index in [2.05, 4.69) is 33.2 Å². The summed E-state index contributed by atoms with van der Waals surface area (Å²) in [5.74, 6) is 1.53. The highest BCUT2D eigenvalue weighted by Crippen LogP contribution is 2.32. The van der Waals surface area contributed by atoms with Gasteiger partial charge in [-0.1, -0.05) is 12.1 Å². The third kappa shape index (κ3) is 2.60. The number of aliphatic imine (C=N–C) groups is 2. The number of likely N-dealkylation sites (N-methyl/N-ethyl adjacent to an activating group) is 1. The second kappa shape index (κ2) is 6.06. The summed E-state index contributed by atoms with van der Waals surface area (Å²) in [5, 5.41) is 7.34. The summed E-state index contributed by atoms with van der Waals surface area (Å²) < 4.78 is 0. The summed E-state index contributed by atoms with van der Waals surface area (Å²) >= 11 is 3.37. The van der Waals surface area contributed by atoms with Gasteiger partial charge in [0.15, 0.2) is 5.82 Å². The molecule has 23 heavy (non-hydrogen) atoms. The van der Waals surface area contributed by atoms with Crippen LogP contribution in [0.4, 0.5) is 5.82 Å². The minimum Gasteiger partial charge on any atom is -0.374 e. The van der Waals surface area contributed by atoms with Gasteiger partial charge >= 0.3 is 0 Å². The highest BCUT2D eigenvalue weighted by Gasteiger charge is 2.25. The standard InChI is InChI=1S/C17H14N4S2/c1-18-17-15(13-7-4-10-23-13)20-14(12-6-3-9-22-12)11-5-2-8-19-16(11)21-17/h2-10,15H,1H3,(H,18,19,21). The van der Waals surface area contributed by atoms with E-state index < -0.39 is 0 Å². The van der Waals surface area contributed by atoms with E-state index in [4.69, 9.17) is 9.98 Å². The van der Waals surface area contributed by atoms with Gasteiger partial charge in [0.25, 0.3) is 0 Å². The monoisotopic (exact) mass is 338 g/mol. The zero-order valence-corrected chi connectivity index (χ0v) is 14.1. The number of nitrogens with zero attached hydrogens (tertiary/aromatic N) is 3. The topological polar surface area (TPSA) is 49.6 Å². The van der Waals surface area contributed by atoms with Crippen molar-refractivity contribution in [3.8, 4) is 0 Å². The largest absolute Gasteiger partial charge is 0.374 e. The molecule has 4 nitrogen and oxygen atoms in total. The Morgan fingerprint density at radius 2 is 1.91 bits per heavy atom. The van der Waals surface area contributed by atoms with Crippen molar-refractivity contribution < 1.29 is 0 Å². The summed E-state index contributed by atoms with van der Waals surface area (Å²) in [6, 6.07) is 12.1. The van der Waals surface area contributed by atoms with Gasteiger partial charge in [0.05, 0.1) is 10.6 Å². The Bertz CT molecular complexity index is 864. The molecule has 4 heterocycles. The lowest BCUT2D eigenvalue weighted by molar-refractivity contribution is 0.928. The molecule has 0 bridgehead atoms. The summed E-state index contributed by atoms with van der Waals surface area (Å²) in [4.78, 5) is 16.6. The Hall–Kier alpha value is -2.31. The first-order valence-corrected chi connectivity index (χ1v) is 8.99. The maximum Gasteiger partial charge on any atom is 0.163 e. The van der Waals surface area contributed by atoms with Crippen LogP contribution in [0.3, 0.4) is 0 Å². The highest BCUT2D eigenvalue weighted by molar-refractivity contribution is 7.12. The fourth-order valence-corrected chi connectivity index (χ4v) is 4.05. The molecule has 1 atom stereocenters. The second-order valence-corrected chi connectivity index (χ2v) is 6.92. The minimum atomic E-state index is -0.133. The summed E-state index contributed by atoms with van der Waals surface area (Å²) in [7, 11) is 1.88. The molecule has 3 aromatic heterocycles. The lowest BCUT2D eigenvalue weighted by Crippen LogP contribution is -2.24. The molecule has 6 heteroatoms. The quantitative estimate of drug-likeness (QED) is 0.766. The molecular formula is C17H14N4S2. The third-order valence-corrected chi connectivity index (χ3v) is 5.41. The molecule has 3 aromatic rings. The maximum atomic E-state index is 5.06. The predicted molar refractivity (Wildman–Crippen MR) is 97.4 cm³/mol. The first kappa shape index (κ1) is 14.3. The molecular weight excluding hydrogens is 324 g/mol. The molecule has 0 fully saturated rings. The van der Waals surface area contributed by atoms with Gasteiger partial charge in [-0.25, -0.2) is 9.98 Å². The van der Waals surface area contributed by atoms with Crippen molar-refractivity contribution in [2.45, 2.75) is 6.04 Å². The van der Waals surface area contributed by atoms with E-state index in [9.17, 15) is 0 Å². The van der Waals surface area contributed by atoms with Gasteiger partial charge in [-0.15, -0.1) is 22.7 Å². The first-order valence-electron chi connectivity index (χ1n) is 7.23. The van der Waals surface area contributed by atoms with E-state index in [-0.39, 0.29) is 6.04 Å². The second-order valence-electron chi connectivity index (χ2n) is 4.99. The van der Waals surface area contributed by atoms with Crippen molar-refractivity contribution in [2.75, 3.05) is 7.05 Å². The van der Waals surface area contributed by atoms with Gasteiger partial charge in [0, 0.05) is 23.7 Å². The van der Waals surface area contributed by atoms with Crippen molar-refractivity contribution in [1.82, 2.24) is 10.3 Å². The number of nitrogens with one attached hydrogen (secondary N) is 1. The zero-order valence-electron chi connectivity index (χ0n) is 12.4. The van der Waals surface area contributed by atoms with Crippen LogP contribution >= 0.6 is 22.7 Å². The number of fused-ring (bicyclic) bond motifs is 1. The molecule has 0 aromatic carbocycles. The Kier molecular flexibility index (Phi) is 3.77. The van der Waals surface area contributed by atoms with Crippen LogP contribution in [0.2, 0.25) is 0 Å². The van der Waals surface area contributed by atoms with Crippen LogP contribution in [0.25, 0.3) is 0 Å². The highest BCUT2D eigenvalue weighted by atomic mass is 32.1. The van der Waals surface area contributed by atoms with E-state index in [0.29, 0.717) is 5.82 Å². The Morgan fingerprint density at radius 1 is 1.04 bits per heavy atom. The average Bonchev–Trinajstić information content (AvgIpc) is 3.26. The number of hydrogen-bond donors (Lipinski definition) is 1. The lowest BCUT2D eigenvalue weighted by atomic mass is 10.1. The van der Waals surface area contributed by atoms with Gasteiger partial charge in [-0.05, 0) is 35.0 Å². The molecule has 114 valence electrons. The van der Waals surface area contributed by atoms with Crippen molar-refractivity contribution >= 4 is 40.0 Å². The van der Waals surface area contributed by atoms with E-state index >= 15 is 0 Å². The molecule has 4 rings (SSSR count). The van der Waals surface area contributed by atoms with Crippen LogP contribution in [-0.4, -0.2) is 23.6 Å². The summed E-state index contributed by atoms with van der Waals surface area (Å²) in [5.41, 5.74) is 1.93. The van der Waals surface area contributed by atoms with E-state index in [1.807, 2.05) is 31.3 Å². The fourth-order valence-electron chi connectivity index (χ4n) is 2.55. The molecule has 0 spiro atoms. The first-order chi connectivity index (χ1) is 11.4. The third-order valence-electron chi connectivity index (χ3n) is 3.61. The van der Waals surface area contributed by atoms with Crippen LogP contribution in [0.5, 0.6) is 0 Å². The molecule has 1 aliphatic rings. The SMILES string of the molecule is CNC1=Nc2ncccc2C(c2cccs2)=NC1c1cccs1. The van der Waals surface area contributed by atoms with Crippen LogP contribution in [-0.2, 0) is 0 Å². The van der Waals surface area contributed by atoms with E-state index in [0.717, 1.165) is 22.0 Å². The molecule has 1 aliphatic heterocycles. The lowest BCUT2D eigenvalue weighted by Gasteiger charge is -2.13. The van der Waals surface area contributed by atoms with Crippen molar-refractivity contribution in [2.24, 2.45) is 9.98 Å². The molecule has 0 amide bonds. The predicted octanol–water partition coefficient (Wildman–Crippen LogP) is 4.05. The van der Waals surface area contributed by atoms with Gasteiger partial charge in [0.1, 0.15) is 11.9 Å². The van der Waals surface area contributed by atoms with Crippen LogP contribution in [0, 0.1) is 0 Å². The minimum absolute atomic E-state index is 0.133. The smallest absolute Gasteiger partial charge is 0.163 e. The summed E-state index contributed by atoms with van der Waals surface area (Å²) in [6.07, 6.45) is 1.77. The Balaban J connectivity index is 1.96. The van der Waals surface area contributed by atoms with Gasteiger partial charge < -0.3 is 5.32 Å². The van der Waals surface area contributed by atoms with Gasteiger partial charge in [0.2, 0.25) is 0 Å². The fraction of sp³-hybridized carbons (Fsp3) is 0.118. The summed E-state index contributed by atoms with van der Waals surface area (Å²) in [6.45, 7) is 0. The average molecular weight is 338 g/mol. The molecule has 0 saturated carbocycles. The molecule has 1 unspecified atom stereocenters. The van der Waals surface area contributed by atoms with Crippen molar-refractivity contribution in [1.29, 1.82) is 0 Å². The number of amidine groups is 1. The van der Waals surface area contributed by atoms with Crippen LogP contribution in [0.1, 0.15) is 21.4 Å². The Labute approximate surface area is 142 Å². The molecule has 0 aliphatic carbocycles. The number of aromatic nitrogens is 1. The molecule has 0 radical (unpaired) electrons. The van der Waals surface area contributed by atoms with Gasteiger partial charge in [-0.3, -0.25) is 4.99 Å². The van der Waals surface area contributed by atoms with Crippen molar-refractivity contribution in [3.05, 3.63) is 68.7 Å². The zero-order chi connectivity index (χ0) is 15.6. The van der Waals surface area contributed by atoms with Crippen LogP contribution < -0.4 is 5.32 Å². The Morgan fingerprint density at radius 3 is 2.65 bits per heavy atom. The van der Waals surface area contributed by atoms with Crippen molar-refractivity contribution in [3.63, 3.8) is 0 Å². The van der Waals surface area contributed by atoms with Gasteiger partial charge in [-0.2, -0.15) is 0 Å². The van der Waals surface area contributed by atoms with E-state index in [1.165, 1.54) is 4.88 Å². The number of pyridine rings is 1. The van der Waals surface area contributed by atoms with E-state index in [1.54, 1.807) is 28.9 Å². The normalized spacial score (nSPS) is 17.0. The maximum absolute atomic E-state index is 5.06. The van der Waals surface area contributed by atoms with Crippen LogP contribution in [0.15, 0.2) is 63.3 Å². The number of rotatable bonds is 2. The molecule has 0 saturated heterocycles. The number of hydrogen-bond acceptors (Lipinski definition) is 6. The number of thiophene rings is 2.